The highest BCUT2D eigenvalue weighted by Gasteiger charge is 2.07. The van der Waals surface area contributed by atoms with Gasteiger partial charge in [0, 0.05) is 19.5 Å². The van der Waals surface area contributed by atoms with E-state index in [9.17, 15) is 4.79 Å². The van der Waals surface area contributed by atoms with Crippen LogP contribution in [0.15, 0.2) is 34.3 Å². The van der Waals surface area contributed by atoms with E-state index in [-0.39, 0.29) is 5.91 Å². The number of rotatable bonds is 6. The van der Waals surface area contributed by atoms with Crippen molar-refractivity contribution in [3.8, 4) is 5.75 Å². The molecule has 4 nitrogen and oxygen atoms in total. The zero-order valence-electron chi connectivity index (χ0n) is 12.2. The lowest BCUT2D eigenvalue weighted by molar-refractivity contribution is -0.120. The van der Waals surface area contributed by atoms with Gasteiger partial charge in [0.15, 0.2) is 0 Å². The highest BCUT2D eigenvalue weighted by atomic mass is 79.9. The van der Waals surface area contributed by atoms with Gasteiger partial charge in [-0.3, -0.25) is 4.79 Å². The molecule has 0 aromatic heterocycles. The molecule has 0 radical (unpaired) electrons. The third-order valence-corrected chi connectivity index (χ3v) is 4.15. The predicted octanol–water partition coefficient (Wildman–Crippen LogP) is 2.43. The van der Waals surface area contributed by atoms with Gasteiger partial charge < -0.3 is 15.4 Å². The fourth-order valence-electron chi connectivity index (χ4n) is 2.25. The summed E-state index contributed by atoms with van der Waals surface area (Å²) in [7, 11) is 1.64. The maximum absolute atomic E-state index is 11.9. The molecule has 1 aromatic carbocycles. The van der Waals surface area contributed by atoms with Gasteiger partial charge in [-0.15, -0.1) is 0 Å². The Labute approximate surface area is 134 Å². The first kappa shape index (κ1) is 16.0. The summed E-state index contributed by atoms with van der Waals surface area (Å²) in [6, 6.07) is 5.91. The minimum Gasteiger partial charge on any atom is -0.496 e. The molecule has 1 amide bonds. The molecule has 0 bridgehead atoms. The lowest BCUT2D eigenvalue weighted by Gasteiger charge is -2.14. The van der Waals surface area contributed by atoms with Crippen LogP contribution in [-0.2, 0) is 11.2 Å². The summed E-state index contributed by atoms with van der Waals surface area (Å²) in [5.74, 6) is 0.905. The highest BCUT2D eigenvalue weighted by molar-refractivity contribution is 9.10. The van der Waals surface area contributed by atoms with Crippen LogP contribution in [-0.4, -0.2) is 32.7 Å². The lowest BCUT2D eigenvalue weighted by atomic mass is 10.1. The number of carbonyl (C=O) groups is 1. The Morgan fingerprint density at radius 1 is 1.48 bits per heavy atom. The zero-order valence-corrected chi connectivity index (χ0v) is 13.8. The normalized spacial score (nSPS) is 14.5. The second-order valence-corrected chi connectivity index (χ2v) is 5.92. The van der Waals surface area contributed by atoms with Gasteiger partial charge in [0.25, 0.3) is 0 Å². The quantitative estimate of drug-likeness (QED) is 0.773. The van der Waals surface area contributed by atoms with Crippen LogP contribution in [0.2, 0.25) is 0 Å². The Bertz CT molecular complexity index is 529. The van der Waals surface area contributed by atoms with Crippen LogP contribution in [0.25, 0.3) is 0 Å². The van der Waals surface area contributed by atoms with Crippen molar-refractivity contribution < 1.29 is 9.53 Å². The van der Waals surface area contributed by atoms with Crippen LogP contribution in [0.5, 0.6) is 5.75 Å². The largest absolute Gasteiger partial charge is 0.496 e. The van der Waals surface area contributed by atoms with E-state index in [0.717, 1.165) is 41.7 Å². The lowest BCUT2D eigenvalue weighted by Crippen LogP contribution is -2.29. The Morgan fingerprint density at radius 2 is 2.33 bits per heavy atom. The second kappa shape index (κ2) is 8.20. The molecule has 114 valence electrons. The maximum Gasteiger partial charge on any atom is 0.220 e. The number of benzene rings is 1. The van der Waals surface area contributed by atoms with Crippen LogP contribution in [0.3, 0.4) is 0 Å². The van der Waals surface area contributed by atoms with Crippen molar-refractivity contribution in [1.29, 1.82) is 0 Å². The molecule has 21 heavy (non-hydrogen) atoms. The van der Waals surface area contributed by atoms with Crippen molar-refractivity contribution in [2.45, 2.75) is 19.3 Å². The minimum absolute atomic E-state index is 0.0985. The Kier molecular flexibility index (Phi) is 6.26. The summed E-state index contributed by atoms with van der Waals surface area (Å²) in [6.45, 7) is 2.58. The van der Waals surface area contributed by atoms with Gasteiger partial charge in [-0.2, -0.15) is 0 Å². The van der Waals surface area contributed by atoms with Gasteiger partial charge in [0.2, 0.25) is 5.91 Å². The molecular weight excluding hydrogens is 332 g/mol. The molecule has 1 aliphatic heterocycles. The number of hydrogen-bond acceptors (Lipinski definition) is 3. The monoisotopic (exact) mass is 352 g/mol. The molecule has 2 N–H and O–H groups in total. The van der Waals surface area contributed by atoms with Crippen molar-refractivity contribution in [3.05, 3.63) is 39.9 Å². The smallest absolute Gasteiger partial charge is 0.220 e. The summed E-state index contributed by atoms with van der Waals surface area (Å²) in [4.78, 5) is 11.9. The van der Waals surface area contributed by atoms with E-state index in [1.807, 2.05) is 18.2 Å². The number of ether oxygens (including phenoxy) is 1. The van der Waals surface area contributed by atoms with Gasteiger partial charge in [0.1, 0.15) is 5.75 Å². The van der Waals surface area contributed by atoms with E-state index >= 15 is 0 Å². The Hall–Kier alpha value is -1.33. The number of methoxy groups -OCH3 is 1. The Balaban J connectivity index is 1.75. The molecule has 1 aromatic rings. The number of carbonyl (C=O) groups excluding carboxylic acids is 1. The average Bonchev–Trinajstić information content (AvgIpc) is 2.52. The molecule has 0 fully saturated rings. The van der Waals surface area contributed by atoms with Crippen LogP contribution in [0, 0.1) is 0 Å². The van der Waals surface area contributed by atoms with Crippen molar-refractivity contribution in [3.63, 3.8) is 0 Å². The van der Waals surface area contributed by atoms with Crippen molar-refractivity contribution in [1.82, 2.24) is 10.6 Å². The SMILES string of the molecule is COc1ccc(CCC(=O)NCC2=CCNCC2)cc1Br. The number of aryl methyl sites for hydroxylation is 1. The van der Waals surface area contributed by atoms with Gasteiger partial charge in [0.05, 0.1) is 11.6 Å². The predicted molar refractivity (Wildman–Crippen MR) is 87.6 cm³/mol. The summed E-state index contributed by atoms with van der Waals surface area (Å²) in [6.07, 6.45) is 4.41. The number of halogens is 1. The van der Waals surface area contributed by atoms with Crippen LogP contribution >= 0.6 is 15.9 Å². The van der Waals surface area contributed by atoms with Crippen molar-refractivity contribution in [2.24, 2.45) is 0 Å². The first-order valence-corrected chi connectivity index (χ1v) is 7.96. The van der Waals surface area contributed by atoms with E-state index in [4.69, 9.17) is 4.74 Å². The van der Waals surface area contributed by atoms with Gasteiger partial charge in [-0.1, -0.05) is 17.7 Å². The standard InChI is InChI=1S/C16H21BrN2O2/c1-21-15-4-2-12(10-14(15)17)3-5-16(20)19-11-13-6-8-18-9-7-13/h2,4,6,10,18H,3,5,7-9,11H2,1H3,(H,19,20). The van der Waals surface area contributed by atoms with Gasteiger partial charge in [-0.25, -0.2) is 0 Å². The molecule has 2 rings (SSSR count). The molecule has 5 heteroatoms. The number of hydrogen-bond donors (Lipinski definition) is 2. The molecule has 1 aliphatic rings. The number of nitrogens with one attached hydrogen (secondary N) is 2. The molecule has 0 aliphatic carbocycles. The summed E-state index contributed by atoms with van der Waals surface area (Å²) in [5.41, 5.74) is 2.44. The molecule has 0 unspecified atom stereocenters. The fraction of sp³-hybridized carbons (Fsp3) is 0.438. The molecule has 0 atom stereocenters. The van der Waals surface area contributed by atoms with E-state index in [2.05, 4.69) is 32.6 Å². The Morgan fingerprint density at radius 3 is 3.00 bits per heavy atom. The van der Waals surface area contributed by atoms with E-state index < -0.39 is 0 Å². The molecule has 0 saturated carbocycles. The van der Waals surface area contributed by atoms with E-state index in [1.165, 1.54) is 5.57 Å². The fourth-order valence-corrected chi connectivity index (χ4v) is 2.84. The molecule has 1 heterocycles. The maximum atomic E-state index is 11.9. The summed E-state index contributed by atoms with van der Waals surface area (Å²) in [5, 5.41) is 6.25. The van der Waals surface area contributed by atoms with E-state index in [1.54, 1.807) is 7.11 Å². The van der Waals surface area contributed by atoms with Crippen LogP contribution in [0.1, 0.15) is 18.4 Å². The molecular formula is C16H21BrN2O2. The second-order valence-electron chi connectivity index (χ2n) is 5.06. The zero-order chi connectivity index (χ0) is 15.1. The van der Waals surface area contributed by atoms with Gasteiger partial charge in [-0.05, 0) is 53.0 Å². The average molecular weight is 353 g/mol. The first-order valence-electron chi connectivity index (χ1n) is 7.17. The van der Waals surface area contributed by atoms with Crippen molar-refractivity contribution in [2.75, 3.05) is 26.7 Å². The third kappa shape index (κ3) is 5.17. The topological polar surface area (TPSA) is 50.4 Å². The van der Waals surface area contributed by atoms with Crippen LogP contribution in [0.4, 0.5) is 0 Å². The minimum atomic E-state index is 0.0985. The van der Waals surface area contributed by atoms with Gasteiger partial charge >= 0.3 is 0 Å². The highest BCUT2D eigenvalue weighted by Crippen LogP contribution is 2.25. The summed E-state index contributed by atoms with van der Waals surface area (Å²) < 4.78 is 6.11. The van der Waals surface area contributed by atoms with Crippen molar-refractivity contribution >= 4 is 21.8 Å². The third-order valence-electron chi connectivity index (χ3n) is 3.53. The van der Waals surface area contributed by atoms with E-state index in [0.29, 0.717) is 13.0 Å². The summed E-state index contributed by atoms with van der Waals surface area (Å²) >= 11 is 3.46. The number of amides is 1. The first-order chi connectivity index (χ1) is 10.2. The molecule has 0 saturated heterocycles. The van der Waals surface area contributed by atoms with Crippen LogP contribution < -0.4 is 15.4 Å². The molecule has 0 spiro atoms.